The van der Waals surface area contributed by atoms with Gasteiger partial charge in [-0.25, -0.2) is 4.98 Å². The van der Waals surface area contributed by atoms with E-state index in [-0.39, 0.29) is 20.1 Å². The molecule has 221 valence electrons. The number of furan rings is 1. The van der Waals surface area contributed by atoms with Crippen LogP contribution in [-0.4, -0.2) is 15.0 Å². The van der Waals surface area contributed by atoms with Gasteiger partial charge in [0.15, 0.2) is 0 Å². The predicted octanol–water partition coefficient (Wildman–Crippen LogP) is 9.91. The van der Waals surface area contributed by atoms with Crippen LogP contribution in [0.5, 0.6) is 0 Å². The van der Waals surface area contributed by atoms with Crippen LogP contribution in [0, 0.1) is 53.7 Å². The van der Waals surface area contributed by atoms with Gasteiger partial charge in [-0.2, -0.15) is 0 Å². The van der Waals surface area contributed by atoms with Gasteiger partial charge in [0.1, 0.15) is 0 Å². The second-order valence-electron chi connectivity index (χ2n) is 11.0. The molecule has 0 saturated carbocycles. The van der Waals surface area contributed by atoms with Crippen molar-refractivity contribution in [2.24, 2.45) is 0 Å². The Morgan fingerprint density at radius 2 is 1.41 bits per heavy atom. The van der Waals surface area contributed by atoms with Crippen LogP contribution in [0.15, 0.2) is 95.5 Å². The molecule has 1 radical (unpaired) electrons. The maximum Gasteiger partial charge on any atom is 0.216 e. The van der Waals surface area contributed by atoms with Crippen molar-refractivity contribution in [2.45, 2.75) is 41.5 Å². The number of aryl methyl sites for hydroxylation is 5. The molecule has 44 heavy (non-hydrogen) atoms. The van der Waals surface area contributed by atoms with Gasteiger partial charge in [-0.15, -0.1) is 54.1 Å². The molecule has 0 amide bonds. The molecular weight excluding hydrogens is 719 g/mol. The molecule has 4 heterocycles. The minimum Gasteiger partial charge on any atom is -0.486 e. The van der Waals surface area contributed by atoms with Gasteiger partial charge in [-0.1, -0.05) is 52.9 Å². The van der Waals surface area contributed by atoms with E-state index in [2.05, 4.69) is 87.3 Å². The van der Waals surface area contributed by atoms with E-state index in [0.717, 1.165) is 55.8 Å². The molecular formula is C39H33IrN3O-2. The van der Waals surface area contributed by atoms with Crippen LogP contribution in [0.2, 0.25) is 0 Å². The van der Waals surface area contributed by atoms with Crippen LogP contribution in [0.4, 0.5) is 0 Å². The summed E-state index contributed by atoms with van der Waals surface area (Å²) in [5, 5.41) is 2.05. The van der Waals surface area contributed by atoms with E-state index in [1.165, 1.54) is 27.8 Å². The van der Waals surface area contributed by atoms with Crippen molar-refractivity contribution in [2.75, 3.05) is 0 Å². The minimum absolute atomic E-state index is 0. The van der Waals surface area contributed by atoms with Gasteiger partial charge >= 0.3 is 0 Å². The monoisotopic (exact) mass is 752 g/mol. The van der Waals surface area contributed by atoms with E-state index in [0.29, 0.717) is 5.71 Å². The first-order chi connectivity index (χ1) is 20.8. The summed E-state index contributed by atoms with van der Waals surface area (Å²) in [6, 6.07) is 35.0. The molecule has 5 heteroatoms. The van der Waals surface area contributed by atoms with Gasteiger partial charge in [-0.05, 0) is 87.3 Å². The number of rotatable bonds is 3. The van der Waals surface area contributed by atoms with Crippen LogP contribution < -0.4 is 0 Å². The number of pyridine rings is 3. The van der Waals surface area contributed by atoms with Gasteiger partial charge in [0.25, 0.3) is 0 Å². The number of hydrogen-bond acceptors (Lipinski definition) is 4. The van der Waals surface area contributed by atoms with Gasteiger partial charge < -0.3 is 14.4 Å². The van der Waals surface area contributed by atoms with E-state index < -0.39 is 0 Å². The molecule has 0 atom stereocenters. The molecule has 0 fully saturated rings. The summed E-state index contributed by atoms with van der Waals surface area (Å²) in [6.45, 7) is 12.5. The van der Waals surface area contributed by atoms with Gasteiger partial charge in [0, 0.05) is 42.9 Å². The molecule has 0 aliphatic rings. The first-order valence-corrected chi connectivity index (χ1v) is 14.5. The maximum absolute atomic E-state index is 6.31. The average Bonchev–Trinajstić information content (AvgIpc) is 3.39. The third-order valence-electron chi connectivity index (χ3n) is 7.96. The first kappa shape index (κ1) is 31.0. The summed E-state index contributed by atoms with van der Waals surface area (Å²) < 4.78 is 6.31. The zero-order valence-electron chi connectivity index (χ0n) is 25.7. The second-order valence-corrected chi connectivity index (χ2v) is 11.0. The Morgan fingerprint density at radius 1 is 0.636 bits per heavy atom. The molecule has 4 aromatic heterocycles. The third kappa shape index (κ3) is 6.12. The van der Waals surface area contributed by atoms with Crippen LogP contribution >= 0.6 is 0 Å². The summed E-state index contributed by atoms with van der Waals surface area (Å²) in [4.78, 5) is 14.0. The molecule has 0 aliphatic heterocycles. The molecule has 0 saturated heterocycles. The van der Waals surface area contributed by atoms with Gasteiger partial charge in [-0.3, -0.25) is 0 Å². The zero-order chi connectivity index (χ0) is 30.1. The Labute approximate surface area is 272 Å². The molecule has 0 aliphatic carbocycles. The predicted molar refractivity (Wildman–Crippen MR) is 176 cm³/mol. The molecule has 3 aromatic carbocycles. The second kappa shape index (κ2) is 13.1. The molecule has 0 N–H and O–H groups in total. The zero-order valence-corrected chi connectivity index (χ0v) is 28.1. The van der Waals surface area contributed by atoms with Crippen molar-refractivity contribution in [3.63, 3.8) is 0 Å². The van der Waals surface area contributed by atoms with E-state index in [1.807, 2.05) is 62.5 Å². The quantitative estimate of drug-likeness (QED) is 0.169. The Bertz CT molecular complexity index is 2040. The van der Waals surface area contributed by atoms with Crippen LogP contribution in [-0.2, 0) is 20.1 Å². The molecule has 4 nitrogen and oxygen atoms in total. The largest absolute Gasteiger partial charge is 0.486 e. The fourth-order valence-electron chi connectivity index (χ4n) is 5.37. The smallest absolute Gasteiger partial charge is 0.216 e. The van der Waals surface area contributed by atoms with E-state index in [9.17, 15) is 0 Å². The van der Waals surface area contributed by atoms with Crippen molar-refractivity contribution < 1.29 is 24.5 Å². The summed E-state index contributed by atoms with van der Waals surface area (Å²) in [7, 11) is 0. The van der Waals surface area contributed by atoms with E-state index in [1.54, 1.807) is 0 Å². The topological polar surface area (TPSA) is 51.8 Å². The molecule has 7 rings (SSSR count). The molecule has 7 aromatic rings. The van der Waals surface area contributed by atoms with Crippen molar-refractivity contribution in [3.8, 4) is 33.8 Å². The third-order valence-corrected chi connectivity index (χ3v) is 7.96. The van der Waals surface area contributed by atoms with Crippen molar-refractivity contribution in [1.82, 2.24) is 15.0 Å². The number of fused-ring (bicyclic) bond motifs is 3. The fraction of sp³-hybridized carbons (Fsp3) is 0.154. The number of benzene rings is 3. The Hall–Kier alpha value is -4.44. The normalized spacial score (nSPS) is 10.8. The van der Waals surface area contributed by atoms with Crippen LogP contribution in [0.1, 0.15) is 33.5 Å². The average molecular weight is 752 g/mol. The standard InChI is InChI=1S/C27H23N2O.C12H10N.Ir/c1-15-8-6-9-16(2)25(15)23-13-12-21-20-10-7-11-22(26(20)30-27(21)29-23)24-14-17(3)18(4)19(5)28-24;1-10-7-8-12(13-9-10)11-5-3-2-4-6-11;/h6-10,12-14H,1-5H3;2-5,7-9H,1H3;/q2*-1;. The molecule has 0 unspecified atom stereocenters. The SMILES string of the molecule is Cc1cc(-c2[c-]ccc3c2oc2nc(-c4c(C)cccc4C)ccc23)nc(C)c1C.Cc1ccc(-c2[c-]cccc2)nc1.[Ir]. The summed E-state index contributed by atoms with van der Waals surface area (Å²) in [5.74, 6) is 0. The number of nitrogens with zero attached hydrogens (tertiary/aromatic N) is 3. The Morgan fingerprint density at radius 3 is 2.09 bits per heavy atom. The van der Waals surface area contributed by atoms with Crippen LogP contribution in [0.3, 0.4) is 0 Å². The van der Waals surface area contributed by atoms with Crippen molar-refractivity contribution in [1.29, 1.82) is 0 Å². The summed E-state index contributed by atoms with van der Waals surface area (Å²) >= 11 is 0. The van der Waals surface area contributed by atoms with Gasteiger partial charge in [0.2, 0.25) is 5.71 Å². The fourth-order valence-corrected chi connectivity index (χ4v) is 5.37. The minimum atomic E-state index is 0. The van der Waals surface area contributed by atoms with Crippen molar-refractivity contribution >= 4 is 22.1 Å². The van der Waals surface area contributed by atoms with E-state index in [4.69, 9.17) is 14.4 Å². The van der Waals surface area contributed by atoms with Crippen LogP contribution in [0.25, 0.3) is 55.8 Å². The molecule has 0 bridgehead atoms. The van der Waals surface area contributed by atoms with E-state index >= 15 is 0 Å². The molecule has 0 spiro atoms. The van der Waals surface area contributed by atoms with Gasteiger partial charge in [0.05, 0.1) is 11.3 Å². The first-order valence-electron chi connectivity index (χ1n) is 14.5. The number of aromatic nitrogens is 3. The Balaban J connectivity index is 0.000000230. The maximum atomic E-state index is 6.31. The summed E-state index contributed by atoms with van der Waals surface area (Å²) in [6.07, 6.45) is 1.87. The summed E-state index contributed by atoms with van der Waals surface area (Å²) in [5.41, 5.74) is 14.4. The van der Waals surface area contributed by atoms with Crippen molar-refractivity contribution in [3.05, 3.63) is 137 Å². The Kier molecular flexibility index (Phi) is 9.19. The number of hydrogen-bond donors (Lipinski definition) is 0.